The molecule has 0 aliphatic heterocycles. The minimum Gasteiger partial charge on any atom is -0.492 e. The van der Waals surface area contributed by atoms with Crippen molar-refractivity contribution in [2.45, 2.75) is 0 Å². The molecule has 2 aromatic rings. The Balaban J connectivity index is 1.96. The second-order valence-corrected chi connectivity index (χ2v) is 5.62. The summed E-state index contributed by atoms with van der Waals surface area (Å²) < 4.78 is 31.8. The summed E-state index contributed by atoms with van der Waals surface area (Å²) in [5.74, 6) is -2.17. The van der Waals surface area contributed by atoms with E-state index in [2.05, 4.69) is 0 Å². The fourth-order valence-corrected chi connectivity index (χ4v) is 2.26. The van der Waals surface area contributed by atoms with Crippen LogP contribution in [0.1, 0.15) is 10.4 Å². The van der Waals surface area contributed by atoms with Crippen LogP contribution in [0.4, 0.5) is 8.78 Å². The van der Waals surface area contributed by atoms with Crippen LogP contribution in [0.2, 0.25) is 10.0 Å². The molecule has 0 aliphatic rings. The third kappa shape index (κ3) is 4.56. The highest BCUT2D eigenvalue weighted by Crippen LogP contribution is 2.21. The van der Waals surface area contributed by atoms with Gasteiger partial charge in [0.05, 0.1) is 17.1 Å². The van der Waals surface area contributed by atoms with Crippen molar-refractivity contribution in [3.63, 3.8) is 0 Å². The Morgan fingerprint density at radius 1 is 1.17 bits per heavy atom. The average molecular weight is 360 g/mol. The van der Waals surface area contributed by atoms with E-state index in [-0.39, 0.29) is 23.7 Å². The number of carbonyl (C=O) groups excluding carboxylic acids is 1. The molecule has 3 nitrogen and oxygen atoms in total. The summed E-state index contributed by atoms with van der Waals surface area (Å²) in [5, 5.41) is 0.400. The number of rotatable bonds is 5. The molecule has 0 saturated carbocycles. The smallest absolute Gasteiger partial charge is 0.255 e. The molecule has 2 aromatic carbocycles. The highest BCUT2D eigenvalue weighted by molar-refractivity contribution is 6.33. The minimum atomic E-state index is -1.12. The fourth-order valence-electron chi connectivity index (χ4n) is 1.85. The van der Waals surface area contributed by atoms with E-state index in [9.17, 15) is 13.6 Å². The van der Waals surface area contributed by atoms with Crippen LogP contribution in [0.15, 0.2) is 36.4 Å². The number of carbonyl (C=O) groups is 1. The number of halogens is 4. The second-order valence-electron chi connectivity index (χ2n) is 4.78. The molecule has 0 atom stereocenters. The number of hydrogen-bond donors (Lipinski definition) is 0. The molecule has 2 rings (SSSR count). The van der Waals surface area contributed by atoms with E-state index in [0.717, 1.165) is 12.1 Å². The van der Waals surface area contributed by atoms with Crippen LogP contribution in [0.25, 0.3) is 0 Å². The van der Waals surface area contributed by atoms with Crippen molar-refractivity contribution in [3.05, 3.63) is 63.6 Å². The van der Waals surface area contributed by atoms with E-state index in [1.807, 2.05) is 0 Å². The van der Waals surface area contributed by atoms with E-state index in [1.165, 1.54) is 11.9 Å². The molecule has 0 radical (unpaired) electrons. The average Bonchev–Trinajstić information content (AvgIpc) is 2.50. The molecule has 0 bridgehead atoms. The Kier molecular flexibility index (Phi) is 5.80. The van der Waals surface area contributed by atoms with Crippen LogP contribution in [0.3, 0.4) is 0 Å². The third-order valence-corrected chi connectivity index (χ3v) is 3.63. The topological polar surface area (TPSA) is 29.5 Å². The van der Waals surface area contributed by atoms with Gasteiger partial charge in [0, 0.05) is 12.1 Å². The zero-order valence-electron chi connectivity index (χ0n) is 12.2. The van der Waals surface area contributed by atoms with Crippen molar-refractivity contribution in [2.24, 2.45) is 0 Å². The van der Waals surface area contributed by atoms with Gasteiger partial charge in [-0.15, -0.1) is 0 Å². The van der Waals surface area contributed by atoms with Gasteiger partial charge in [-0.05, 0) is 30.3 Å². The lowest BCUT2D eigenvalue weighted by Gasteiger charge is -2.18. The van der Waals surface area contributed by atoms with Crippen LogP contribution in [-0.4, -0.2) is 31.0 Å². The molecule has 0 spiro atoms. The number of ether oxygens (including phenoxy) is 1. The Morgan fingerprint density at radius 3 is 2.57 bits per heavy atom. The van der Waals surface area contributed by atoms with Crippen molar-refractivity contribution < 1.29 is 18.3 Å². The minimum absolute atomic E-state index is 0.101. The van der Waals surface area contributed by atoms with Crippen molar-refractivity contribution in [3.8, 4) is 5.75 Å². The Hall–Kier alpha value is -1.85. The van der Waals surface area contributed by atoms with Crippen molar-refractivity contribution in [2.75, 3.05) is 20.2 Å². The SMILES string of the molecule is CN(CCOc1cccc(Cl)c1)C(=O)c1cc(F)c(F)cc1Cl. The summed E-state index contributed by atoms with van der Waals surface area (Å²) in [4.78, 5) is 13.5. The molecule has 0 aliphatic carbocycles. The van der Waals surface area contributed by atoms with Crippen molar-refractivity contribution in [1.82, 2.24) is 4.90 Å². The van der Waals surface area contributed by atoms with E-state index in [1.54, 1.807) is 24.3 Å². The lowest BCUT2D eigenvalue weighted by molar-refractivity contribution is 0.0773. The largest absolute Gasteiger partial charge is 0.492 e. The molecular weight excluding hydrogens is 347 g/mol. The maximum Gasteiger partial charge on any atom is 0.255 e. The van der Waals surface area contributed by atoms with Crippen molar-refractivity contribution in [1.29, 1.82) is 0 Å². The number of nitrogens with zero attached hydrogens (tertiary/aromatic N) is 1. The van der Waals surface area contributed by atoms with Crippen molar-refractivity contribution >= 4 is 29.1 Å². The van der Waals surface area contributed by atoms with Crippen LogP contribution in [0, 0.1) is 11.6 Å². The first kappa shape index (κ1) is 17.5. The zero-order chi connectivity index (χ0) is 17.0. The maximum absolute atomic E-state index is 13.3. The van der Waals surface area contributed by atoms with Gasteiger partial charge in [0.2, 0.25) is 0 Å². The number of likely N-dealkylation sites (N-methyl/N-ethyl adjacent to an activating group) is 1. The highest BCUT2D eigenvalue weighted by atomic mass is 35.5. The molecule has 0 unspecified atom stereocenters. The predicted molar refractivity (Wildman–Crippen MR) is 85.3 cm³/mol. The summed E-state index contributed by atoms with van der Waals surface area (Å²) in [7, 11) is 1.52. The summed E-state index contributed by atoms with van der Waals surface area (Å²) >= 11 is 11.6. The van der Waals surface area contributed by atoms with Crippen LogP contribution in [-0.2, 0) is 0 Å². The zero-order valence-corrected chi connectivity index (χ0v) is 13.7. The van der Waals surface area contributed by atoms with Gasteiger partial charge in [-0.3, -0.25) is 4.79 Å². The standard InChI is InChI=1S/C16H13Cl2F2NO2/c1-21(5-6-23-11-4-2-3-10(17)7-11)16(22)12-8-14(19)15(20)9-13(12)18/h2-4,7-9H,5-6H2,1H3. The molecule has 0 fully saturated rings. The van der Waals surface area contributed by atoms with Gasteiger partial charge in [-0.2, -0.15) is 0 Å². The first-order valence-corrected chi connectivity index (χ1v) is 7.42. The number of hydrogen-bond acceptors (Lipinski definition) is 2. The lowest BCUT2D eigenvalue weighted by Crippen LogP contribution is -2.31. The van der Waals surface area contributed by atoms with Crippen LogP contribution >= 0.6 is 23.2 Å². The van der Waals surface area contributed by atoms with Crippen LogP contribution in [0.5, 0.6) is 5.75 Å². The quantitative estimate of drug-likeness (QED) is 0.739. The van der Waals surface area contributed by atoms with Crippen LogP contribution < -0.4 is 4.74 Å². The third-order valence-electron chi connectivity index (χ3n) is 3.08. The lowest BCUT2D eigenvalue weighted by atomic mass is 10.2. The first-order valence-electron chi connectivity index (χ1n) is 6.67. The molecule has 0 N–H and O–H groups in total. The van der Waals surface area contributed by atoms with Gasteiger partial charge in [0.25, 0.3) is 5.91 Å². The van der Waals surface area contributed by atoms with E-state index < -0.39 is 17.5 Å². The van der Waals surface area contributed by atoms with Gasteiger partial charge in [-0.1, -0.05) is 29.3 Å². The van der Waals surface area contributed by atoms with Gasteiger partial charge < -0.3 is 9.64 Å². The molecule has 0 saturated heterocycles. The Labute approximate surface area is 142 Å². The second kappa shape index (κ2) is 7.62. The predicted octanol–water partition coefficient (Wildman–Crippen LogP) is 4.42. The molecular formula is C16H13Cl2F2NO2. The fraction of sp³-hybridized carbons (Fsp3) is 0.188. The molecule has 7 heteroatoms. The van der Waals surface area contributed by atoms with E-state index >= 15 is 0 Å². The molecule has 1 amide bonds. The van der Waals surface area contributed by atoms with E-state index in [4.69, 9.17) is 27.9 Å². The van der Waals surface area contributed by atoms with Gasteiger partial charge in [0.15, 0.2) is 11.6 Å². The number of amides is 1. The summed E-state index contributed by atoms with van der Waals surface area (Å²) in [6, 6.07) is 8.41. The first-order chi connectivity index (χ1) is 10.9. The molecule has 23 heavy (non-hydrogen) atoms. The Bertz CT molecular complexity index is 725. The normalized spacial score (nSPS) is 10.5. The number of benzene rings is 2. The highest BCUT2D eigenvalue weighted by Gasteiger charge is 2.18. The van der Waals surface area contributed by atoms with Gasteiger partial charge >= 0.3 is 0 Å². The van der Waals surface area contributed by atoms with E-state index in [0.29, 0.717) is 10.8 Å². The molecule has 0 aromatic heterocycles. The summed E-state index contributed by atoms with van der Waals surface area (Å²) in [6.45, 7) is 0.449. The monoisotopic (exact) mass is 359 g/mol. The molecule has 122 valence electrons. The molecule has 0 heterocycles. The Morgan fingerprint density at radius 2 is 1.87 bits per heavy atom. The summed E-state index contributed by atoms with van der Waals surface area (Å²) in [5.41, 5.74) is -0.101. The van der Waals surface area contributed by atoms with Gasteiger partial charge in [-0.25, -0.2) is 8.78 Å². The summed E-state index contributed by atoms with van der Waals surface area (Å²) in [6.07, 6.45) is 0. The van der Waals surface area contributed by atoms with Gasteiger partial charge in [0.1, 0.15) is 12.4 Å². The maximum atomic E-state index is 13.3.